The lowest BCUT2D eigenvalue weighted by Crippen LogP contribution is -2.42. The van der Waals surface area contributed by atoms with E-state index in [1.54, 1.807) is 0 Å². The van der Waals surface area contributed by atoms with Gasteiger partial charge in [-0.15, -0.1) is 0 Å². The Hall–Kier alpha value is -1.32. The lowest BCUT2D eigenvalue weighted by molar-refractivity contribution is -0.153. The van der Waals surface area contributed by atoms with E-state index in [-0.39, 0.29) is 23.7 Å². The summed E-state index contributed by atoms with van der Waals surface area (Å²) in [4.78, 5) is 26.0. The van der Waals surface area contributed by atoms with Crippen LogP contribution in [-0.4, -0.2) is 36.5 Å². The van der Waals surface area contributed by atoms with Gasteiger partial charge in [0.2, 0.25) is 5.91 Å². The van der Waals surface area contributed by atoms with Gasteiger partial charge in [0.15, 0.2) is 0 Å². The Morgan fingerprint density at radius 1 is 1.18 bits per heavy atom. The Bertz CT molecular complexity index is 422. The topological polar surface area (TPSA) is 46.6 Å². The lowest BCUT2D eigenvalue weighted by atomic mass is 9.85. The standard InChI is InChI=1S/C18H29NO3/c1-13(2)17(20)19-10-8-15(9-11-19)18(21)22-12-16-7-5-4-6-14(16)3/h4-5,13-16H,6-12H2,1-3H3. The summed E-state index contributed by atoms with van der Waals surface area (Å²) in [7, 11) is 0. The van der Waals surface area contributed by atoms with Crippen molar-refractivity contribution in [2.24, 2.45) is 23.7 Å². The monoisotopic (exact) mass is 307 g/mol. The van der Waals surface area contributed by atoms with Crippen LogP contribution in [0, 0.1) is 23.7 Å². The molecule has 22 heavy (non-hydrogen) atoms. The number of rotatable bonds is 4. The number of esters is 1. The summed E-state index contributed by atoms with van der Waals surface area (Å²) in [5.74, 6) is 1.16. The molecule has 2 rings (SSSR count). The zero-order chi connectivity index (χ0) is 16.1. The first-order valence-electron chi connectivity index (χ1n) is 8.59. The summed E-state index contributed by atoms with van der Waals surface area (Å²) in [6.07, 6.45) is 7.96. The minimum atomic E-state index is -0.0709. The van der Waals surface area contributed by atoms with Crippen LogP contribution in [0.2, 0.25) is 0 Å². The van der Waals surface area contributed by atoms with Crippen LogP contribution in [0.3, 0.4) is 0 Å². The molecule has 2 aliphatic rings. The van der Waals surface area contributed by atoms with E-state index in [4.69, 9.17) is 4.74 Å². The lowest BCUT2D eigenvalue weighted by Gasteiger charge is -2.32. The molecule has 1 fully saturated rings. The molecule has 4 heteroatoms. The number of likely N-dealkylation sites (tertiary alicyclic amines) is 1. The Balaban J connectivity index is 1.73. The van der Waals surface area contributed by atoms with Gasteiger partial charge in [0.1, 0.15) is 0 Å². The van der Waals surface area contributed by atoms with Crippen LogP contribution < -0.4 is 0 Å². The summed E-state index contributed by atoms with van der Waals surface area (Å²) in [5, 5.41) is 0. The van der Waals surface area contributed by atoms with Crippen LogP contribution in [-0.2, 0) is 14.3 Å². The van der Waals surface area contributed by atoms with Crippen LogP contribution >= 0.6 is 0 Å². The number of piperidine rings is 1. The average molecular weight is 307 g/mol. The molecule has 1 aliphatic heterocycles. The fraction of sp³-hybridized carbons (Fsp3) is 0.778. The van der Waals surface area contributed by atoms with Crippen molar-refractivity contribution in [3.63, 3.8) is 0 Å². The maximum Gasteiger partial charge on any atom is 0.309 e. The maximum atomic E-state index is 12.2. The predicted octanol–water partition coefficient (Wildman–Crippen LogP) is 3.03. The van der Waals surface area contributed by atoms with Crippen LogP contribution in [0.1, 0.15) is 46.5 Å². The molecule has 1 aliphatic carbocycles. The van der Waals surface area contributed by atoms with E-state index in [0.29, 0.717) is 31.5 Å². The van der Waals surface area contributed by atoms with Gasteiger partial charge in [-0.3, -0.25) is 9.59 Å². The molecule has 0 saturated carbocycles. The van der Waals surface area contributed by atoms with Gasteiger partial charge in [0.25, 0.3) is 0 Å². The van der Waals surface area contributed by atoms with Gasteiger partial charge in [-0.1, -0.05) is 32.9 Å². The smallest absolute Gasteiger partial charge is 0.309 e. The van der Waals surface area contributed by atoms with Crippen LogP contribution in [0.4, 0.5) is 0 Å². The fourth-order valence-electron chi connectivity index (χ4n) is 3.25. The van der Waals surface area contributed by atoms with Crippen LogP contribution in [0.15, 0.2) is 12.2 Å². The minimum absolute atomic E-state index is 0.0318. The van der Waals surface area contributed by atoms with Crippen molar-refractivity contribution in [1.82, 2.24) is 4.90 Å². The first-order chi connectivity index (χ1) is 10.5. The van der Waals surface area contributed by atoms with Crippen molar-refractivity contribution >= 4 is 11.9 Å². The molecule has 0 aromatic rings. The number of hydrogen-bond donors (Lipinski definition) is 0. The number of allylic oxidation sites excluding steroid dienone is 2. The number of carbonyl (C=O) groups excluding carboxylic acids is 2. The summed E-state index contributed by atoms with van der Waals surface area (Å²) in [6, 6.07) is 0. The Morgan fingerprint density at radius 3 is 2.41 bits per heavy atom. The highest BCUT2D eigenvalue weighted by Gasteiger charge is 2.30. The molecular formula is C18H29NO3. The quantitative estimate of drug-likeness (QED) is 0.592. The second kappa shape index (κ2) is 7.80. The third kappa shape index (κ3) is 4.34. The zero-order valence-corrected chi connectivity index (χ0v) is 14.1. The summed E-state index contributed by atoms with van der Waals surface area (Å²) in [5.41, 5.74) is 0. The molecule has 2 atom stereocenters. The molecule has 0 aromatic carbocycles. The molecule has 0 bridgehead atoms. The molecule has 1 saturated heterocycles. The first kappa shape index (κ1) is 17.0. The van der Waals surface area contributed by atoms with Gasteiger partial charge in [-0.05, 0) is 37.5 Å². The van der Waals surface area contributed by atoms with Gasteiger partial charge < -0.3 is 9.64 Å². The molecular weight excluding hydrogens is 278 g/mol. The van der Waals surface area contributed by atoms with Gasteiger partial charge in [-0.25, -0.2) is 0 Å². The van der Waals surface area contributed by atoms with E-state index in [1.165, 1.54) is 0 Å². The number of carbonyl (C=O) groups is 2. The average Bonchev–Trinajstić information content (AvgIpc) is 2.53. The second-order valence-corrected chi connectivity index (χ2v) is 7.06. The number of amides is 1. The van der Waals surface area contributed by atoms with Crippen molar-refractivity contribution in [3.05, 3.63) is 12.2 Å². The van der Waals surface area contributed by atoms with Gasteiger partial charge in [0.05, 0.1) is 12.5 Å². The molecule has 1 heterocycles. The fourth-order valence-corrected chi connectivity index (χ4v) is 3.25. The number of nitrogens with zero attached hydrogens (tertiary/aromatic N) is 1. The number of hydrogen-bond acceptors (Lipinski definition) is 3. The molecule has 0 N–H and O–H groups in total. The molecule has 0 spiro atoms. The summed E-state index contributed by atoms with van der Waals surface area (Å²) < 4.78 is 5.56. The largest absolute Gasteiger partial charge is 0.465 e. The molecule has 124 valence electrons. The first-order valence-corrected chi connectivity index (χ1v) is 8.59. The Labute approximate surface area is 133 Å². The highest BCUT2D eigenvalue weighted by atomic mass is 16.5. The normalized spacial score (nSPS) is 26.3. The van der Waals surface area contributed by atoms with Crippen molar-refractivity contribution in [3.8, 4) is 0 Å². The zero-order valence-electron chi connectivity index (χ0n) is 14.1. The Kier molecular flexibility index (Phi) is 6.04. The van der Waals surface area contributed by atoms with Crippen molar-refractivity contribution < 1.29 is 14.3 Å². The van der Waals surface area contributed by atoms with Gasteiger partial charge in [-0.2, -0.15) is 0 Å². The van der Waals surface area contributed by atoms with Gasteiger partial charge in [0, 0.05) is 19.0 Å². The third-order valence-electron chi connectivity index (χ3n) is 4.99. The summed E-state index contributed by atoms with van der Waals surface area (Å²) in [6.45, 7) is 7.96. The number of ether oxygens (including phenoxy) is 1. The molecule has 1 amide bonds. The summed E-state index contributed by atoms with van der Waals surface area (Å²) >= 11 is 0. The van der Waals surface area contributed by atoms with E-state index in [0.717, 1.165) is 25.7 Å². The third-order valence-corrected chi connectivity index (χ3v) is 4.99. The highest BCUT2D eigenvalue weighted by molar-refractivity contribution is 5.79. The van der Waals surface area contributed by atoms with E-state index < -0.39 is 0 Å². The van der Waals surface area contributed by atoms with Crippen molar-refractivity contribution in [2.75, 3.05) is 19.7 Å². The van der Waals surface area contributed by atoms with Gasteiger partial charge >= 0.3 is 5.97 Å². The van der Waals surface area contributed by atoms with E-state index in [9.17, 15) is 9.59 Å². The molecule has 2 unspecified atom stereocenters. The molecule has 0 radical (unpaired) electrons. The van der Waals surface area contributed by atoms with E-state index in [2.05, 4.69) is 19.1 Å². The van der Waals surface area contributed by atoms with E-state index >= 15 is 0 Å². The second-order valence-electron chi connectivity index (χ2n) is 7.06. The Morgan fingerprint density at radius 2 is 1.82 bits per heavy atom. The maximum absolute atomic E-state index is 12.2. The molecule has 4 nitrogen and oxygen atoms in total. The molecule has 0 aromatic heterocycles. The predicted molar refractivity (Wildman–Crippen MR) is 86.1 cm³/mol. The highest BCUT2D eigenvalue weighted by Crippen LogP contribution is 2.26. The van der Waals surface area contributed by atoms with Crippen molar-refractivity contribution in [1.29, 1.82) is 0 Å². The minimum Gasteiger partial charge on any atom is -0.465 e. The van der Waals surface area contributed by atoms with Crippen LogP contribution in [0.5, 0.6) is 0 Å². The van der Waals surface area contributed by atoms with Crippen molar-refractivity contribution in [2.45, 2.75) is 46.5 Å². The van der Waals surface area contributed by atoms with E-state index in [1.807, 2.05) is 18.7 Å². The SMILES string of the molecule is CC(C)C(=O)N1CCC(C(=O)OCC2CC=CCC2C)CC1. The van der Waals surface area contributed by atoms with Crippen LogP contribution in [0.25, 0.3) is 0 Å².